The second kappa shape index (κ2) is 4.55. The molecule has 0 radical (unpaired) electrons. The predicted molar refractivity (Wildman–Crippen MR) is 67.8 cm³/mol. The fraction of sp³-hybridized carbons (Fsp3) is 0.0833. The highest BCUT2D eigenvalue weighted by Gasteiger charge is 2.11. The van der Waals surface area contributed by atoms with Crippen molar-refractivity contribution in [3.8, 4) is 0 Å². The molecular weight excluding hydrogens is 239 g/mol. The second-order valence-electron chi connectivity index (χ2n) is 3.66. The van der Waals surface area contributed by atoms with Crippen LogP contribution >= 0.6 is 11.3 Å². The van der Waals surface area contributed by atoms with Crippen LogP contribution in [0.15, 0.2) is 29.6 Å². The van der Waals surface area contributed by atoms with Gasteiger partial charge in [-0.05, 0) is 42.1 Å². The summed E-state index contributed by atoms with van der Waals surface area (Å²) < 4.78 is 13.1. The summed E-state index contributed by atoms with van der Waals surface area (Å²) in [4.78, 5) is 12.5. The molecule has 2 aromatic rings. The Morgan fingerprint density at radius 2 is 2.18 bits per heavy atom. The number of anilines is 2. The fourth-order valence-electron chi connectivity index (χ4n) is 1.48. The van der Waals surface area contributed by atoms with E-state index < -0.39 is 5.82 Å². The quantitative estimate of drug-likeness (QED) is 0.805. The Morgan fingerprint density at radius 1 is 1.41 bits per heavy atom. The summed E-state index contributed by atoms with van der Waals surface area (Å²) in [7, 11) is 0. The van der Waals surface area contributed by atoms with Gasteiger partial charge >= 0.3 is 0 Å². The minimum Gasteiger partial charge on any atom is -0.399 e. The van der Waals surface area contributed by atoms with Crippen LogP contribution in [0.2, 0.25) is 0 Å². The van der Waals surface area contributed by atoms with Crippen molar-refractivity contribution in [2.75, 3.05) is 11.1 Å². The van der Waals surface area contributed by atoms with Crippen LogP contribution in [0.1, 0.15) is 15.2 Å². The summed E-state index contributed by atoms with van der Waals surface area (Å²) >= 11 is 1.35. The summed E-state index contributed by atoms with van der Waals surface area (Å²) in [5.41, 5.74) is 7.04. The molecule has 1 heterocycles. The van der Waals surface area contributed by atoms with Gasteiger partial charge in [0.1, 0.15) is 5.82 Å². The van der Waals surface area contributed by atoms with Crippen LogP contribution in [-0.2, 0) is 0 Å². The molecule has 0 fully saturated rings. The number of hydrogen-bond donors (Lipinski definition) is 2. The number of aryl methyl sites for hydroxylation is 1. The zero-order chi connectivity index (χ0) is 12.4. The molecule has 0 atom stereocenters. The first-order valence-corrected chi connectivity index (χ1v) is 5.86. The minimum atomic E-state index is -0.469. The minimum absolute atomic E-state index is 0.248. The Labute approximate surface area is 102 Å². The Hall–Kier alpha value is -1.88. The van der Waals surface area contributed by atoms with Gasteiger partial charge in [-0.25, -0.2) is 4.39 Å². The number of amides is 1. The van der Waals surface area contributed by atoms with Crippen molar-refractivity contribution in [2.24, 2.45) is 0 Å². The standard InChI is InChI=1S/C12H11FN2OS/c1-7-2-3-17-11(7)12(16)15-10-5-8(13)4-9(14)6-10/h2-6H,14H2,1H3,(H,15,16). The Balaban J connectivity index is 2.21. The Morgan fingerprint density at radius 3 is 2.76 bits per heavy atom. The molecule has 0 aliphatic heterocycles. The van der Waals surface area contributed by atoms with E-state index in [0.29, 0.717) is 10.6 Å². The molecule has 88 valence electrons. The van der Waals surface area contributed by atoms with Crippen molar-refractivity contribution in [3.05, 3.63) is 45.9 Å². The van der Waals surface area contributed by atoms with Gasteiger partial charge in [0.2, 0.25) is 0 Å². The van der Waals surface area contributed by atoms with Gasteiger partial charge in [0.05, 0.1) is 4.88 Å². The molecule has 0 aliphatic carbocycles. The predicted octanol–water partition coefficient (Wildman–Crippen LogP) is 3.03. The molecule has 0 spiro atoms. The third-order valence-corrected chi connectivity index (χ3v) is 3.26. The average Bonchev–Trinajstić information content (AvgIpc) is 2.62. The van der Waals surface area contributed by atoms with Gasteiger partial charge in [-0.3, -0.25) is 4.79 Å². The van der Waals surface area contributed by atoms with Crippen molar-refractivity contribution in [1.82, 2.24) is 0 Å². The maximum Gasteiger partial charge on any atom is 0.265 e. The van der Waals surface area contributed by atoms with Crippen LogP contribution in [-0.4, -0.2) is 5.91 Å². The van der Waals surface area contributed by atoms with Gasteiger partial charge in [-0.1, -0.05) is 0 Å². The van der Waals surface area contributed by atoms with E-state index in [2.05, 4.69) is 5.32 Å². The van der Waals surface area contributed by atoms with Gasteiger partial charge < -0.3 is 11.1 Å². The number of carbonyl (C=O) groups excluding carboxylic acids is 1. The largest absolute Gasteiger partial charge is 0.399 e. The first-order valence-electron chi connectivity index (χ1n) is 4.98. The summed E-state index contributed by atoms with van der Waals surface area (Å²) in [5, 5.41) is 4.46. The molecule has 2 rings (SSSR count). The summed E-state index contributed by atoms with van der Waals surface area (Å²) in [5.74, 6) is -0.717. The van der Waals surface area contributed by atoms with E-state index in [1.54, 1.807) is 0 Å². The van der Waals surface area contributed by atoms with Crippen molar-refractivity contribution >= 4 is 28.6 Å². The van der Waals surface area contributed by atoms with Gasteiger partial charge in [0, 0.05) is 11.4 Å². The molecule has 0 bridgehead atoms. The van der Waals surface area contributed by atoms with Gasteiger partial charge in [-0.15, -0.1) is 11.3 Å². The van der Waals surface area contributed by atoms with Crippen LogP contribution < -0.4 is 11.1 Å². The van der Waals surface area contributed by atoms with E-state index in [1.807, 2.05) is 18.4 Å². The first-order chi connectivity index (χ1) is 8.06. The van der Waals surface area contributed by atoms with Crippen LogP contribution in [0.5, 0.6) is 0 Å². The van der Waals surface area contributed by atoms with Crippen LogP contribution in [0.4, 0.5) is 15.8 Å². The van der Waals surface area contributed by atoms with E-state index >= 15 is 0 Å². The first kappa shape index (κ1) is 11.6. The summed E-state index contributed by atoms with van der Waals surface area (Å²) in [6, 6.07) is 5.81. The zero-order valence-electron chi connectivity index (χ0n) is 9.16. The fourth-order valence-corrected chi connectivity index (χ4v) is 2.30. The molecule has 1 aromatic heterocycles. The molecule has 0 aliphatic rings. The normalized spacial score (nSPS) is 10.2. The van der Waals surface area contributed by atoms with Gasteiger partial charge in [-0.2, -0.15) is 0 Å². The molecule has 0 saturated heterocycles. The molecule has 3 N–H and O–H groups in total. The third kappa shape index (κ3) is 2.62. The van der Waals surface area contributed by atoms with Crippen molar-refractivity contribution in [3.63, 3.8) is 0 Å². The lowest BCUT2D eigenvalue weighted by atomic mass is 10.2. The number of nitrogens with one attached hydrogen (secondary N) is 1. The van der Waals surface area contributed by atoms with Gasteiger partial charge in [0.25, 0.3) is 5.91 Å². The molecule has 0 unspecified atom stereocenters. The topological polar surface area (TPSA) is 55.1 Å². The number of carbonyl (C=O) groups is 1. The lowest BCUT2D eigenvalue weighted by molar-refractivity contribution is 0.103. The number of benzene rings is 1. The number of hydrogen-bond acceptors (Lipinski definition) is 3. The monoisotopic (exact) mass is 250 g/mol. The molecule has 3 nitrogen and oxygen atoms in total. The van der Waals surface area contributed by atoms with Crippen molar-refractivity contribution in [2.45, 2.75) is 6.92 Å². The lowest BCUT2D eigenvalue weighted by Gasteiger charge is -2.05. The van der Waals surface area contributed by atoms with Crippen molar-refractivity contribution < 1.29 is 9.18 Å². The van der Waals surface area contributed by atoms with E-state index in [-0.39, 0.29) is 11.6 Å². The maximum atomic E-state index is 13.1. The maximum absolute atomic E-state index is 13.1. The van der Waals surface area contributed by atoms with Crippen molar-refractivity contribution in [1.29, 1.82) is 0 Å². The zero-order valence-corrected chi connectivity index (χ0v) is 9.98. The SMILES string of the molecule is Cc1ccsc1C(=O)Nc1cc(N)cc(F)c1. The molecular formula is C12H11FN2OS. The van der Waals surface area contributed by atoms with E-state index in [9.17, 15) is 9.18 Å². The van der Waals surface area contributed by atoms with Gasteiger partial charge in [0.15, 0.2) is 0 Å². The third-order valence-electron chi connectivity index (χ3n) is 2.25. The second-order valence-corrected chi connectivity index (χ2v) is 4.58. The number of nitrogens with two attached hydrogens (primary N) is 1. The molecule has 17 heavy (non-hydrogen) atoms. The van der Waals surface area contributed by atoms with E-state index in [1.165, 1.54) is 29.5 Å². The van der Waals surface area contributed by atoms with Crippen LogP contribution in [0.3, 0.4) is 0 Å². The summed E-state index contributed by atoms with van der Waals surface area (Å²) in [6.45, 7) is 1.85. The molecule has 0 saturated carbocycles. The van der Waals surface area contributed by atoms with E-state index in [0.717, 1.165) is 5.56 Å². The number of thiophene rings is 1. The highest BCUT2D eigenvalue weighted by Crippen LogP contribution is 2.20. The Kier molecular flexibility index (Phi) is 3.10. The van der Waals surface area contributed by atoms with Crippen LogP contribution in [0, 0.1) is 12.7 Å². The number of rotatable bonds is 2. The lowest BCUT2D eigenvalue weighted by Crippen LogP contribution is -2.11. The van der Waals surface area contributed by atoms with Crippen LogP contribution in [0.25, 0.3) is 0 Å². The Bertz CT molecular complexity index is 545. The van der Waals surface area contributed by atoms with E-state index in [4.69, 9.17) is 5.73 Å². The molecule has 1 aromatic carbocycles. The molecule has 1 amide bonds. The number of nitrogen functional groups attached to an aromatic ring is 1. The number of halogens is 1. The highest BCUT2D eigenvalue weighted by molar-refractivity contribution is 7.12. The molecule has 5 heteroatoms. The summed E-state index contributed by atoms with van der Waals surface area (Å²) in [6.07, 6.45) is 0. The smallest absolute Gasteiger partial charge is 0.265 e. The average molecular weight is 250 g/mol. The highest BCUT2D eigenvalue weighted by atomic mass is 32.1.